The summed E-state index contributed by atoms with van der Waals surface area (Å²) >= 11 is 0. The van der Waals surface area contributed by atoms with Crippen molar-refractivity contribution in [1.29, 1.82) is 0 Å². The van der Waals surface area contributed by atoms with Crippen LogP contribution in [0.2, 0.25) is 0 Å². The number of methoxy groups -OCH3 is 1. The van der Waals surface area contributed by atoms with Crippen molar-refractivity contribution in [3.63, 3.8) is 0 Å². The Labute approximate surface area is 138 Å². The highest BCUT2D eigenvalue weighted by molar-refractivity contribution is 5.85. The second-order valence-corrected chi connectivity index (χ2v) is 4.62. The van der Waals surface area contributed by atoms with Crippen LogP contribution >= 0.6 is 12.4 Å². The Morgan fingerprint density at radius 2 is 1.91 bits per heavy atom. The van der Waals surface area contributed by atoms with Crippen molar-refractivity contribution in [3.05, 3.63) is 29.8 Å². The molecule has 1 aromatic rings. The van der Waals surface area contributed by atoms with Gasteiger partial charge in [-0.3, -0.25) is 4.79 Å². The van der Waals surface area contributed by atoms with E-state index in [9.17, 15) is 18.0 Å². The van der Waals surface area contributed by atoms with E-state index in [2.05, 4.69) is 10.1 Å². The molecule has 0 aliphatic heterocycles. The Morgan fingerprint density at radius 1 is 1.30 bits per heavy atom. The summed E-state index contributed by atoms with van der Waals surface area (Å²) in [5.41, 5.74) is 6.16. The molecular weight excluding hydrogens is 337 g/mol. The number of hydrogen-bond acceptors (Lipinski definition) is 4. The summed E-state index contributed by atoms with van der Waals surface area (Å²) < 4.78 is 45.6. The van der Waals surface area contributed by atoms with Crippen molar-refractivity contribution >= 4 is 18.3 Å². The van der Waals surface area contributed by atoms with Gasteiger partial charge in [0.05, 0.1) is 12.5 Å². The normalized spacial score (nSPS) is 12.2. The van der Waals surface area contributed by atoms with Gasteiger partial charge in [0.25, 0.3) is 0 Å². The van der Waals surface area contributed by atoms with E-state index >= 15 is 0 Å². The molecule has 3 N–H and O–H groups in total. The molecule has 0 spiro atoms. The van der Waals surface area contributed by atoms with Crippen LogP contribution in [0.25, 0.3) is 0 Å². The summed E-state index contributed by atoms with van der Waals surface area (Å²) in [6, 6.07) is 6.02. The van der Waals surface area contributed by atoms with Gasteiger partial charge < -0.3 is 20.5 Å². The highest BCUT2D eigenvalue weighted by Crippen LogP contribution is 2.18. The Kier molecular flexibility index (Phi) is 9.62. The molecule has 0 fully saturated rings. The largest absolute Gasteiger partial charge is 0.484 e. The number of rotatable bonds is 8. The summed E-state index contributed by atoms with van der Waals surface area (Å²) in [6.45, 7) is -0.824. The fourth-order valence-electron chi connectivity index (χ4n) is 1.61. The molecule has 1 atom stereocenters. The van der Waals surface area contributed by atoms with Gasteiger partial charge in [-0.2, -0.15) is 13.2 Å². The van der Waals surface area contributed by atoms with Crippen LogP contribution < -0.4 is 15.8 Å². The van der Waals surface area contributed by atoms with Crippen LogP contribution in [0, 0.1) is 0 Å². The minimum absolute atomic E-state index is 0. The third kappa shape index (κ3) is 9.27. The molecule has 23 heavy (non-hydrogen) atoms. The molecule has 1 rings (SSSR count). The average Bonchev–Trinajstić information content (AvgIpc) is 2.48. The maximum atomic E-state index is 12.0. The molecule has 0 aliphatic rings. The predicted molar refractivity (Wildman–Crippen MR) is 81.6 cm³/mol. The zero-order valence-corrected chi connectivity index (χ0v) is 13.4. The van der Waals surface area contributed by atoms with Crippen LogP contribution in [0.3, 0.4) is 0 Å². The maximum absolute atomic E-state index is 12.0. The van der Waals surface area contributed by atoms with Gasteiger partial charge in [-0.25, -0.2) is 0 Å². The van der Waals surface area contributed by atoms with Crippen LogP contribution in [0.5, 0.6) is 5.75 Å². The SMILES string of the molecule is COC(CN)CC(=O)NCc1ccc(OCC(F)(F)F)cc1.Cl. The van der Waals surface area contributed by atoms with Gasteiger partial charge in [-0.05, 0) is 17.7 Å². The number of carbonyl (C=O) groups excluding carboxylic acids is 1. The molecule has 0 aliphatic carbocycles. The van der Waals surface area contributed by atoms with Crippen LogP contribution in [0.4, 0.5) is 13.2 Å². The fraction of sp³-hybridized carbons (Fsp3) is 0.500. The Balaban J connectivity index is 0.00000484. The number of benzene rings is 1. The van der Waals surface area contributed by atoms with E-state index in [1.165, 1.54) is 19.2 Å². The van der Waals surface area contributed by atoms with Crippen molar-refractivity contribution in [2.24, 2.45) is 5.73 Å². The molecule has 1 unspecified atom stereocenters. The van der Waals surface area contributed by atoms with E-state index in [-0.39, 0.29) is 49.7 Å². The number of alkyl halides is 3. The van der Waals surface area contributed by atoms with Gasteiger partial charge in [0.2, 0.25) is 5.91 Å². The van der Waals surface area contributed by atoms with Crippen molar-refractivity contribution < 1.29 is 27.4 Å². The zero-order chi connectivity index (χ0) is 16.6. The highest BCUT2D eigenvalue weighted by atomic mass is 35.5. The van der Waals surface area contributed by atoms with Crippen LogP contribution in [0.1, 0.15) is 12.0 Å². The Bertz CT molecular complexity index is 465. The third-order valence-electron chi connectivity index (χ3n) is 2.82. The van der Waals surface area contributed by atoms with Gasteiger partial charge >= 0.3 is 6.18 Å². The van der Waals surface area contributed by atoms with Gasteiger partial charge in [0.1, 0.15) is 5.75 Å². The molecule has 0 saturated heterocycles. The monoisotopic (exact) mass is 356 g/mol. The van der Waals surface area contributed by atoms with Crippen molar-refractivity contribution in [1.82, 2.24) is 5.32 Å². The molecule has 0 bridgehead atoms. The maximum Gasteiger partial charge on any atom is 0.422 e. The lowest BCUT2D eigenvalue weighted by Crippen LogP contribution is -2.31. The molecule has 132 valence electrons. The van der Waals surface area contributed by atoms with Crippen LogP contribution in [-0.4, -0.2) is 38.4 Å². The minimum atomic E-state index is -4.37. The minimum Gasteiger partial charge on any atom is -0.484 e. The lowest BCUT2D eigenvalue weighted by atomic mass is 10.2. The van der Waals surface area contributed by atoms with Crippen molar-refractivity contribution in [3.8, 4) is 5.75 Å². The van der Waals surface area contributed by atoms with E-state index in [4.69, 9.17) is 10.5 Å². The fourth-order valence-corrected chi connectivity index (χ4v) is 1.61. The number of nitrogens with one attached hydrogen (secondary N) is 1. The van der Waals surface area contributed by atoms with Crippen molar-refractivity contribution in [2.75, 3.05) is 20.3 Å². The van der Waals surface area contributed by atoms with E-state index in [1.807, 2.05) is 0 Å². The van der Waals surface area contributed by atoms with E-state index < -0.39 is 12.8 Å². The number of halogens is 4. The molecule has 0 saturated carbocycles. The van der Waals surface area contributed by atoms with Gasteiger partial charge in [0.15, 0.2) is 6.61 Å². The number of carbonyl (C=O) groups is 1. The van der Waals surface area contributed by atoms with E-state index in [1.54, 1.807) is 12.1 Å². The lowest BCUT2D eigenvalue weighted by molar-refractivity contribution is -0.153. The molecule has 0 aromatic heterocycles. The highest BCUT2D eigenvalue weighted by Gasteiger charge is 2.28. The molecule has 0 heterocycles. The van der Waals surface area contributed by atoms with Crippen LogP contribution in [-0.2, 0) is 16.1 Å². The molecule has 5 nitrogen and oxygen atoms in total. The number of hydrogen-bond donors (Lipinski definition) is 2. The van der Waals surface area contributed by atoms with E-state index in [0.29, 0.717) is 0 Å². The third-order valence-corrected chi connectivity index (χ3v) is 2.82. The zero-order valence-electron chi connectivity index (χ0n) is 12.6. The first-order chi connectivity index (χ1) is 10.3. The smallest absolute Gasteiger partial charge is 0.422 e. The second kappa shape index (κ2) is 10.3. The summed E-state index contributed by atoms with van der Waals surface area (Å²) in [5, 5.41) is 2.68. The first-order valence-corrected chi connectivity index (χ1v) is 6.62. The first kappa shape index (κ1) is 21.5. The molecule has 9 heteroatoms. The first-order valence-electron chi connectivity index (χ1n) is 6.62. The molecule has 0 radical (unpaired) electrons. The topological polar surface area (TPSA) is 73.6 Å². The molecule has 1 amide bonds. The molecule has 1 aromatic carbocycles. The quantitative estimate of drug-likeness (QED) is 0.747. The molecular formula is C14H20ClF3N2O3. The lowest BCUT2D eigenvalue weighted by Gasteiger charge is -2.13. The van der Waals surface area contributed by atoms with Gasteiger partial charge in [-0.15, -0.1) is 12.4 Å². The summed E-state index contributed by atoms with van der Waals surface area (Å²) in [6.07, 6.45) is -4.55. The average molecular weight is 357 g/mol. The Morgan fingerprint density at radius 3 is 2.39 bits per heavy atom. The Hall–Kier alpha value is -1.51. The van der Waals surface area contributed by atoms with Gasteiger partial charge in [-0.1, -0.05) is 12.1 Å². The number of amides is 1. The second-order valence-electron chi connectivity index (χ2n) is 4.62. The summed E-state index contributed by atoms with van der Waals surface area (Å²) in [7, 11) is 1.48. The van der Waals surface area contributed by atoms with Crippen LogP contribution in [0.15, 0.2) is 24.3 Å². The summed E-state index contributed by atoms with van der Waals surface area (Å²) in [4.78, 5) is 11.6. The standard InChI is InChI=1S/C14H19F3N2O3.ClH/c1-21-12(7-18)6-13(20)19-8-10-2-4-11(5-3-10)22-9-14(15,16)17;/h2-5,12H,6-9,18H2,1H3,(H,19,20);1H. The predicted octanol–water partition coefficient (Wildman–Crippen LogP) is 2.03. The van der Waals surface area contributed by atoms with E-state index in [0.717, 1.165) is 5.56 Å². The summed E-state index contributed by atoms with van der Waals surface area (Å²) in [5.74, 6) is -0.0929. The van der Waals surface area contributed by atoms with Gasteiger partial charge in [0, 0.05) is 20.2 Å². The van der Waals surface area contributed by atoms with Crippen molar-refractivity contribution in [2.45, 2.75) is 25.2 Å². The number of nitrogens with two attached hydrogens (primary N) is 1. The number of ether oxygens (including phenoxy) is 2.